The van der Waals surface area contributed by atoms with Crippen molar-refractivity contribution in [3.63, 3.8) is 0 Å². The van der Waals surface area contributed by atoms with Crippen molar-refractivity contribution >= 4 is 51.3 Å². The molecule has 1 aromatic heterocycles. The number of carbonyl (C=O) groups excluding carboxylic acids is 1. The average Bonchev–Trinajstić information content (AvgIpc) is 3.46. The van der Waals surface area contributed by atoms with Crippen LogP contribution >= 0.6 is 11.8 Å². The molecule has 5 aromatic rings. The lowest BCUT2D eigenvalue weighted by atomic mass is 10.1. The number of oxime groups is 1. The summed E-state index contributed by atoms with van der Waals surface area (Å²) in [4.78, 5) is 23.0. The zero-order chi connectivity index (χ0) is 26.3. The number of rotatable bonds is 9. The summed E-state index contributed by atoms with van der Waals surface area (Å²) in [5, 5.41) is 6.44. The van der Waals surface area contributed by atoms with Crippen LogP contribution in [0.4, 0.5) is 17.1 Å². The van der Waals surface area contributed by atoms with Crippen LogP contribution in [0.15, 0.2) is 119 Å². The van der Waals surface area contributed by atoms with E-state index in [1.807, 2.05) is 25.3 Å². The van der Waals surface area contributed by atoms with E-state index in [1.165, 1.54) is 23.4 Å². The number of aryl methyl sites for hydroxylation is 1. The number of H-pyrrole nitrogens is 1. The van der Waals surface area contributed by atoms with Gasteiger partial charge in [0.1, 0.15) is 0 Å². The highest BCUT2D eigenvalue weighted by Crippen LogP contribution is 2.40. The zero-order valence-electron chi connectivity index (χ0n) is 21.4. The van der Waals surface area contributed by atoms with Gasteiger partial charge in [-0.05, 0) is 67.3 Å². The quantitative estimate of drug-likeness (QED) is 0.0922. The number of anilines is 3. The number of hydrogen-bond acceptors (Lipinski definition) is 5. The zero-order valence-corrected chi connectivity index (χ0v) is 22.2. The number of para-hydroxylation sites is 1. The van der Waals surface area contributed by atoms with Gasteiger partial charge in [0.15, 0.2) is 0 Å². The van der Waals surface area contributed by atoms with Gasteiger partial charge in [-0.25, -0.2) is 4.79 Å². The maximum atomic E-state index is 11.4. The number of aromatic nitrogens is 1. The molecule has 0 atom stereocenters. The van der Waals surface area contributed by atoms with Crippen LogP contribution < -0.4 is 4.90 Å². The third kappa shape index (κ3) is 5.82. The SMILES string of the molecule is CC(=O)O/N=C(/C)c1ccc(N(c2ccccc2)c2cccc3ccccc23)cc1SCCc1ccc[nH]1. The number of carbonyl (C=O) groups is 1. The monoisotopic (exact) mass is 519 g/mol. The predicted octanol–water partition coefficient (Wildman–Crippen LogP) is 8.26. The van der Waals surface area contributed by atoms with E-state index in [0.29, 0.717) is 5.71 Å². The van der Waals surface area contributed by atoms with E-state index in [1.54, 1.807) is 11.8 Å². The van der Waals surface area contributed by atoms with Crippen LogP contribution in [0, 0.1) is 0 Å². The van der Waals surface area contributed by atoms with Gasteiger partial charge in [-0.15, -0.1) is 11.8 Å². The molecule has 190 valence electrons. The Bertz CT molecular complexity index is 1560. The van der Waals surface area contributed by atoms with Crippen molar-refractivity contribution in [3.8, 4) is 0 Å². The molecule has 4 aromatic carbocycles. The Morgan fingerprint density at radius 1 is 0.868 bits per heavy atom. The van der Waals surface area contributed by atoms with Crippen LogP contribution in [0.25, 0.3) is 10.8 Å². The molecule has 0 aliphatic carbocycles. The van der Waals surface area contributed by atoms with E-state index in [0.717, 1.165) is 39.7 Å². The summed E-state index contributed by atoms with van der Waals surface area (Å²) in [6, 6.07) is 35.7. The fraction of sp³-hybridized carbons (Fsp3) is 0.125. The van der Waals surface area contributed by atoms with E-state index in [4.69, 9.17) is 4.84 Å². The molecule has 0 amide bonds. The molecule has 5 rings (SSSR count). The molecule has 0 bridgehead atoms. The Labute approximate surface area is 227 Å². The van der Waals surface area contributed by atoms with E-state index in [-0.39, 0.29) is 0 Å². The molecular formula is C32H29N3O2S. The second-order valence-electron chi connectivity index (χ2n) is 8.90. The van der Waals surface area contributed by atoms with Crippen molar-refractivity contribution in [3.05, 3.63) is 121 Å². The first-order valence-corrected chi connectivity index (χ1v) is 13.5. The Morgan fingerprint density at radius 3 is 2.45 bits per heavy atom. The van der Waals surface area contributed by atoms with Crippen LogP contribution in [0.2, 0.25) is 0 Å². The molecule has 0 aliphatic heterocycles. The summed E-state index contributed by atoms with van der Waals surface area (Å²) in [5.74, 6) is 0.449. The summed E-state index contributed by atoms with van der Waals surface area (Å²) >= 11 is 1.77. The summed E-state index contributed by atoms with van der Waals surface area (Å²) in [5.41, 5.74) is 6.02. The predicted molar refractivity (Wildman–Crippen MR) is 158 cm³/mol. The number of fused-ring (bicyclic) bond motifs is 1. The van der Waals surface area contributed by atoms with Gasteiger partial charge >= 0.3 is 5.97 Å². The van der Waals surface area contributed by atoms with Crippen LogP contribution in [-0.4, -0.2) is 22.4 Å². The third-order valence-electron chi connectivity index (χ3n) is 6.24. The first-order chi connectivity index (χ1) is 18.6. The third-order valence-corrected chi connectivity index (χ3v) is 7.29. The highest BCUT2D eigenvalue weighted by Gasteiger charge is 2.18. The van der Waals surface area contributed by atoms with E-state index < -0.39 is 5.97 Å². The highest BCUT2D eigenvalue weighted by molar-refractivity contribution is 7.99. The van der Waals surface area contributed by atoms with Crippen LogP contribution in [-0.2, 0) is 16.1 Å². The number of thioether (sulfide) groups is 1. The number of nitrogens with one attached hydrogen (secondary N) is 1. The molecule has 0 unspecified atom stereocenters. The molecule has 0 spiro atoms. The maximum absolute atomic E-state index is 11.4. The van der Waals surface area contributed by atoms with E-state index >= 15 is 0 Å². The van der Waals surface area contributed by atoms with E-state index in [9.17, 15) is 4.79 Å². The molecule has 1 heterocycles. The number of benzene rings is 4. The Hall–Kier alpha value is -4.29. The molecule has 1 N–H and O–H groups in total. The summed E-state index contributed by atoms with van der Waals surface area (Å²) in [6.45, 7) is 3.22. The molecular weight excluding hydrogens is 490 g/mol. The Kier molecular flexibility index (Phi) is 7.90. The van der Waals surface area contributed by atoms with Gasteiger partial charge in [0.05, 0.1) is 11.4 Å². The average molecular weight is 520 g/mol. The minimum atomic E-state index is -0.437. The summed E-state index contributed by atoms with van der Waals surface area (Å²) < 4.78 is 0. The summed E-state index contributed by atoms with van der Waals surface area (Å²) in [6.07, 6.45) is 2.86. The van der Waals surface area contributed by atoms with Crippen LogP contribution in [0.5, 0.6) is 0 Å². The van der Waals surface area contributed by atoms with Crippen molar-refractivity contribution in [2.45, 2.75) is 25.2 Å². The normalized spacial score (nSPS) is 11.5. The fourth-order valence-electron chi connectivity index (χ4n) is 4.45. The van der Waals surface area contributed by atoms with Crippen LogP contribution in [0.1, 0.15) is 25.1 Å². The second-order valence-corrected chi connectivity index (χ2v) is 10.0. The number of hydrogen-bond donors (Lipinski definition) is 1. The van der Waals surface area contributed by atoms with Gasteiger partial charge in [-0.3, -0.25) is 0 Å². The Balaban J connectivity index is 1.60. The van der Waals surface area contributed by atoms with Gasteiger partial charge in [-0.1, -0.05) is 59.8 Å². The minimum Gasteiger partial charge on any atom is -0.365 e. The van der Waals surface area contributed by atoms with Crippen molar-refractivity contribution < 1.29 is 9.63 Å². The first kappa shape index (κ1) is 25.4. The molecule has 0 radical (unpaired) electrons. The molecule has 0 aliphatic rings. The van der Waals surface area contributed by atoms with Crippen LogP contribution in [0.3, 0.4) is 0 Å². The van der Waals surface area contributed by atoms with Gasteiger partial charge < -0.3 is 14.7 Å². The van der Waals surface area contributed by atoms with Gasteiger partial charge in [0, 0.05) is 51.8 Å². The van der Waals surface area contributed by atoms with Gasteiger partial charge in [-0.2, -0.15) is 0 Å². The first-order valence-electron chi connectivity index (χ1n) is 12.5. The highest BCUT2D eigenvalue weighted by atomic mass is 32.2. The van der Waals surface area contributed by atoms with Gasteiger partial charge in [0.2, 0.25) is 0 Å². The lowest BCUT2D eigenvalue weighted by Crippen LogP contribution is -2.11. The fourth-order valence-corrected chi connectivity index (χ4v) is 5.57. The van der Waals surface area contributed by atoms with Gasteiger partial charge in [0.25, 0.3) is 0 Å². The van der Waals surface area contributed by atoms with Crippen molar-refractivity contribution in [1.82, 2.24) is 4.98 Å². The van der Waals surface area contributed by atoms with Crippen molar-refractivity contribution in [2.24, 2.45) is 5.16 Å². The Morgan fingerprint density at radius 2 is 1.66 bits per heavy atom. The lowest BCUT2D eigenvalue weighted by molar-refractivity contribution is -0.140. The molecule has 6 heteroatoms. The lowest BCUT2D eigenvalue weighted by Gasteiger charge is -2.27. The molecule has 0 saturated carbocycles. The standard InChI is InChI=1S/C32H29N3O2S/c1-23(34-37-24(2)36)29-18-17-28(22-32(29)38-21-19-26-12-9-20-33-26)35(27-13-4-3-5-14-27)31-16-8-11-25-10-6-7-15-30(25)31/h3-18,20,22,33H,19,21H2,1-2H3/b34-23-. The maximum Gasteiger partial charge on any atom is 0.331 e. The number of nitrogens with zero attached hydrogens (tertiary/aromatic N) is 2. The summed E-state index contributed by atoms with van der Waals surface area (Å²) in [7, 11) is 0. The topological polar surface area (TPSA) is 57.7 Å². The molecule has 0 saturated heterocycles. The van der Waals surface area contributed by atoms with E-state index in [2.05, 4.69) is 106 Å². The van der Waals surface area contributed by atoms with Crippen molar-refractivity contribution in [2.75, 3.05) is 10.7 Å². The minimum absolute atomic E-state index is 0.437. The molecule has 5 nitrogen and oxygen atoms in total. The van der Waals surface area contributed by atoms with Crippen molar-refractivity contribution in [1.29, 1.82) is 0 Å². The number of aromatic amines is 1. The molecule has 38 heavy (non-hydrogen) atoms. The largest absolute Gasteiger partial charge is 0.365 e. The second kappa shape index (κ2) is 11.8. The smallest absolute Gasteiger partial charge is 0.331 e. The molecule has 0 fully saturated rings.